The van der Waals surface area contributed by atoms with Gasteiger partial charge in [-0.15, -0.1) is 0 Å². The van der Waals surface area contributed by atoms with Crippen molar-refractivity contribution >= 4 is 28.7 Å². The monoisotopic (exact) mass is 391 g/mol. The van der Waals surface area contributed by atoms with E-state index in [0.717, 1.165) is 9.46 Å². The van der Waals surface area contributed by atoms with E-state index < -0.39 is 0 Å². The first-order valence-corrected chi connectivity index (χ1v) is 8.67. The van der Waals surface area contributed by atoms with Gasteiger partial charge in [0.1, 0.15) is 11.3 Å². The molecule has 0 saturated carbocycles. The number of aromatic nitrogens is 3. The van der Waals surface area contributed by atoms with Gasteiger partial charge < -0.3 is 10.5 Å². The van der Waals surface area contributed by atoms with Crippen LogP contribution in [0.5, 0.6) is 0 Å². The second-order valence-electron chi connectivity index (χ2n) is 6.29. The average Bonchev–Trinajstić information content (AvgIpc) is 3.04. The van der Waals surface area contributed by atoms with Crippen LogP contribution < -0.4 is 10.0 Å². The summed E-state index contributed by atoms with van der Waals surface area (Å²) in [6.07, 6.45) is 5.70. The highest BCUT2D eigenvalue weighted by Gasteiger charge is 2.15. The van der Waals surface area contributed by atoms with Gasteiger partial charge in [0.2, 0.25) is 12.1 Å². The number of pyridine rings is 1. The van der Waals surface area contributed by atoms with Crippen LogP contribution in [0.15, 0.2) is 73.1 Å². The minimum atomic E-state index is -0.335. The normalized spacial score (nSPS) is 11.2. The molecule has 0 spiro atoms. The van der Waals surface area contributed by atoms with Gasteiger partial charge in [0.05, 0.1) is 0 Å². The molecule has 0 aliphatic heterocycles. The quantitative estimate of drug-likeness (QED) is 0.283. The molecule has 0 aliphatic carbocycles. The smallest absolute Gasteiger partial charge is 0.251 e. The topological polar surface area (TPSA) is 91.3 Å². The zero-order valence-corrected chi connectivity index (χ0v) is 15.0. The van der Waals surface area contributed by atoms with E-state index in [9.17, 15) is 19.6 Å². The van der Waals surface area contributed by atoms with Crippen LogP contribution in [-0.4, -0.2) is 26.0 Å². The van der Waals surface area contributed by atoms with Crippen molar-refractivity contribution in [3.8, 4) is 11.4 Å². The summed E-state index contributed by atoms with van der Waals surface area (Å²) in [5, 5.41) is 22.5. The van der Waals surface area contributed by atoms with Crippen LogP contribution >= 0.6 is 0 Å². The SMILES string of the molecule is O=C(C=Cc1ccc(F)cc1)Nc1ccc(-c2nc3cc[n+](O)cc3n2O)cc1. The number of rotatable bonds is 4. The van der Waals surface area contributed by atoms with Crippen LogP contribution in [0.1, 0.15) is 5.56 Å². The van der Waals surface area contributed by atoms with E-state index >= 15 is 0 Å². The molecule has 0 saturated heterocycles. The van der Waals surface area contributed by atoms with Crippen LogP contribution in [0.3, 0.4) is 0 Å². The Morgan fingerprint density at radius 3 is 2.55 bits per heavy atom. The Balaban J connectivity index is 1.48. The molecule has 0 radical (unpaired) electrons. The molecular formula is C21H16FN4O3+. The number of carbonyl (C=O) groups excluding carboxylic acids is 1. The summed E-state index contributed by atoms with van der Waals surface area (Å²) in [5.41, 5.74) is 2.79. The summed E-state index contributed by atoms with van der Waals surface area (Å²) in [7, 11) is 0. The first-order valence-electron chi connectivity index (χ1n) is 8.67. The van der Waals surface area contributed by atoms with Gasteiger partial charge in [0.15, 0.2) is 11.3 Å². The van der Waals surface area contributed by atoms with E-state index in [1.165, 1.54) is 30.6 Å². The van der Waals surface area contributed by atoms with Crippen molar-refractivity contribution in [2.45, 2.75) is 0 Å². The van der Waals surface area contributed by atoms with E-state index in [1.807, 2.05) is 0 Å². The van der Waals surface area contributed by atoms with Gasteiger partial charge >= 0.3 is 0 Å². The lowest BCUT2D eigenvalue weighted by Crippen LogP contribution is -2.28. The Kier molecular flexibility index (Phi) is 4.66. The Labute approximate surface area is 164 Å². The predicted molar refractivity (Wildman–Crippen MR) is 104 cm³/mol. The molecule has 4 rings (SSSR count). The number of anilines is 1. The van der Waals surface area contributed by atoms with Crippen LogP contribution in [0.25, 0.3) is 28.5 Å². The first-order chi connectivity index (χ1) is 14.0. The molecule has 7 nitrogen and oxygen atoms in total. The van der Waals surface area contributed by atoms with Crippen LogP contribution in [-0.2, 0) is 4.79 Å². The first kappa shape index (κ1) is 18.2. The fourth-order valence-corrected chi connectivity index (χ4v) is 2.82. The summed E-state index contributed by atoms with van der Waals surface area (Å²) >= 11 is 0. The van der Waals surface area contributed by atoms with Crippen molar-refractivity contribution in [2.75, 3.05) is 5.32 Å². The second kappa shape index (κ2) is 7.43. The van der Waals surface area contributed by atoms with E-state index in [2.05, 4.69) is 10.3 Å². The molecule has 1 amide bonds. The molecule has 0 atom stereocenters. The number of nitrogens with one attached hydrogen (secondary N) is 1. The molecule has 0 aliphatic rings. The number of amides is 1. The Bertz CT molecular complexity index is 1220. The number of halogens is 1. The number of imidazole rings is 1. The third-order valence-corrected chi connectivity index (χ3v) is 4.27. The van der Waals surface area contributed by atoms with Crippen LogP contribution in [0, 0.1) is 5.82 Å². The van der Waals surface area contributed by atoms with Crippen molar-refractivity contribution in [1.82, 2.24) is 9.71 Å². The molecule has 0 bridgehead atoms. The van der Waals surface area contributed by atoms with E-state index in [-0.39, 0.29) is 11.7 Å². The molecular weight excluding hydrogens is 375 g/mol. The van der Waals surface area contributed by atoms with Crippen molar-refractivity contribution < 1.29 is 24.3 Å². The zero-order chi connectivity index (χ0) is 20.4. The minimum absolute atomic E-state index is 0.306. The van der Waals surface area contributed by atoms with Crippen molar-refractivity contribution in [2.24, 2.45) is 0 Å². The maximum absolute atomic E-state index is 12.9. The van der Waals surface area contributed by atoms with Crippen LogP contribution in [0.4, 0.5) is 10.1 Å². The standard InChI is InChI=1S/C21H15FN4O3/c22-16-6-1-14(2-7-16)3-10-20(27)23-17-8-4-15(5-9-17)21-24-18-11-12-25(28)13-19(18)26(21)29/h1-13,28-29H/p+1. The summed E-state index contributed by atoms with van der Waals surface area (Å²) < 4.78 is 14.6. The lowest BCUT2D eigenvalue weighted by molar-refractivity contribution is -0.904. The fourth-order valence-electron chi connectivity index (χ4n) is 2.82. The van der Waals surface area contributed by atoms with E-state index in [4.69, 9.17) is 0 Å². The van der Waals surface area contributed by atoms with E-state index in [1.54, 1.807) is 48.5 Å². The van der Waals surface area contributed by atoms with Gasteiger partial charge in [0.25, 0.3) is 6.20 Å². The summed E-state index contributed by atoms with van der Waals surface area (Å²) in [6, 6.07) is 14.2. The van der Waals surface area contributed by atoms with Gasteiger partial charge in [-0.25, -0.2) is 9.37 Å². The predicted octanol–water partition coefficient (Wildman–Crippen LogP) is 3.26. The van der Waals surface area contributed by atoms with Crippen LogP contribution in [0.2, 0.25) is 0 Å². The molecule has 0 unspecified atom stereocenters. The molecule has 29 heavy (non-hydrogen) atoms. The number of nitrogens with zero attached hydrogens (tertiary/aromatic N) is 3. The molecule has 2 aromatic heterocycles. The third kappa shape index (κ3) is 3.91. The highest BCUT2D eigenvalue weighted by molar-refractivity contribution is 6.02. The van der Waals surface area contributed by atoms with Gasteiger partial charge in [-0.05, 0) is 48.0 Å². The molecule has 2 aromatic carbocycles. The summed E-state index contributed by atoms with van der Waals surface area (Å²) in [5.74, 6) is -0.358. The number of hydrogen-bond donors (Lipinski definition) is 3. The number of carbonyl (C=O) groups is 1. The van der Waals surface area contributed by atoms with Gasteiger partial charge in [0, 0.05) is 28.1 Å². The molecule has 0 fully saturated rings. The fraction of sp³-hybridized carbons (Fsp3) is 0. The lowest BCUT2D eigenvalue weighted by atomic mass is 10.2. The van der Waals surface area contributed by atoms with Gasteiger partial charge in [-0.3, -0.25) is 10.0 Å². The summed E-state index contributed by atoms with van der Waals surface area (Å²) in [6.45, 7) is 0. The highest BCUT2D eigenvalue weighted by Crippen LogP contribution is 2.24. The third-order valence-electron chi connectivity index (χ3n) is 4.27. The van der Waals surface area contributed by atoms with Crippen molar-refractivity contribution in [1.29, 1.82) is 0 Å². The van der Waals surface area contributed by atoms with Crippen molar-refractivity contribution in [3.63, 3.8) is 0 Å². The number of hydrogen-bond acceptors (Lipinski definition) is 4. The Hall–Kier alpha value is -4.20. The highest BCUT2D eigenvalue weighted by atomic mass is 19.1. The largest absolute Gasteiger partial charge is 0.426 e. The maximum atomic E-state index is 12.9. The Morgan fingerprint density at radius 2 is 1.83 bits per heavy atom. The maximum Gasteiger partial charge on any atom is 0.251 e. The lowest BCUT2D eigenvalue weighted by Gasteiger charge is -2.04. The number of fused-ring (bicyclic) bond motifs is 1. The molecule has 3 N–H and O–H groups in total. The van der Waals surface area contributed by atoms with Crippen molar-refractivity contribution in [3.05, 3.63) is 84.4 Å². The van der Waals surface area contributed by atoms with Gasteiger partial charge in [-0.2, -0.15) is 4.73 Å². The average molecular weight is 391 g/mol. The molecule has 8 heteroatoms. The Morgan fingerprint density at radius 1 is 1.10 bits per heavy atom. The molecule has 4 aromatic rings. The number of benzene rings is 2. The zero-order valence-electron chi connectivity index (χ0n) is 15.0. The molecule has 144 valence electrons. The van der Waals surface area contributed by atoms with E-state index in [0.29, 0.717) is 33.7 Å². The molecule has 2 heterocycles. The minimum Gasteiger partial charge on any atom is -0.426 e. The van der Waals surface area contributed by atoms with Gasteiger partial charge in [-0.1, -0.05) is 12.1 Å². The summed E-state index contributed by atoms with van der Waals surface area (Å²) in [4.78, 5) is 16.4. The second-order valence-corrected chi connectivity index (χ2v) is 6.29.